The van der Waals surface area contributed by atoms with Gasteiger partial charge in [0.15, 0.2) is 0 Å². The van der Waals surface area contributed by atoms with E-state index in [4.69, 9.17) is 0 Å². The van der Waals surface area contributed by atoms with E-state index in [0.29, 0.717) is 14.5 Å². The summed E-state index contributed by atoms with van der Waals surface area (Å²) in [6.45, 7) is 0. The number of benzene rings is 2. The monoisotopic (exact) mass is 238 g/mol. The molecule has 0 saturated carbocycles. The van der Waals surface area contributed by atoms with Crippen molar-refractivity contribution in [1.29, 1.82) is 0 Å². The molecule has 0 N–H and O–H groups in total. The first kappa shape index (κ1) is 10.1. The van der Waals surface area contributed by atoms with E-state index in [0.717, 1.165) is 0 Å². The zero-order chi connectivity index (χ0) is 8.67. The van der Waals surface area contributed by atoms with Crippen LogP contribution in [0.3, 0.4) is 0 Å². The third kappa shape index (κ3) is 1.47. The molecule has 3 aromatic rings. The molecule has 0 spiro atoms. The summed E-state index contributed by atoms with van der Waals surface area (Å²) in [5, 5.41) is 2.80. The van der Waals surface area contributed by atoms with Crippen LogP contribution in [0.25, 0.3) is 19.3 Å². The van der Waals surface area contributed by atoms with E-state index < -0.39 is 0 Å². The van der Waals surface area contributed by atoms with Crippen molar-refractivity contribution in [3.63, 3.8) is 0 Å². The second-order valence-electron chi connectivity index (χ2n) is 3.01. The molecule has 1 aromatic heterocycles. The van der Waals surface area contributed by atoms with Gasteiger partial charge in [0.1, 0.15) is 0 Å². The van der Waals surface area contributed by atoms with Gasteiger partial charge in [0.25, 0.3) is 0 Å². The number of hydrogen-bond acceptors (Lipinski definition) is 0. The van der Waals surface area contributed by atoms with E-state index in [1.165, 1.54) is 19.3 Å². The molecule has 0 aliphatic carbocycles. The molecule has 0 saturated heterocycles. The van der Waals surface area contributed by atoms with Gasteiger partial charge in [0, 0.05) is 0 Å². The van der Waals surface area contributed by atoms with Crippen molar-refractivity contribution in [3.05, 3.63) is 48.5 Å². The Hall–Kier alpha value is -0.443. The van der Waals surface area contributed by atoms with Gasteiger partial charge in [-0.2, -0.15) is 0 Å². The van der Waals surface area contributed by atoms with Gasteiger partial charge in [-0.15, -0.1) is 0 Å². The van der Waals surface area contributed by atoms with Crippen LogP contribution in [0.15, 0.2) is 42.5 Å². The summed E-state index contributed by atoms with van der Waals surface area (Å²) < 4.78 is 2.89. The summed E-state index contributed by atoms with van der Waals surface area (Å²) >= 11 is 0.479. The molecule has 62 valence electrons. The molecule has 0 fully saturated rings. The van der Waals surface area contributed by atoms with Crippen LogP contribution in [0.4, 0.5) is 0 Å². The maximum absolute atomic E-state index is 3.32. The van der Waals surface area contributed by atoms with Crippen molar-refractivity contribution in [3.8, 4) is 0 Å². The average Bonchev–Trinajstić information content (AvgIpc) is 2.56. The SMILES string of the molecule is [Li+].[c-]1cccc2c1[se]c1ccccc12. The molecule has 14 heavy (non-hydrogen) atoms. The first-order valence-electron chi connectivity index (χ1n) is 4.23. The Morgan fingerprint density at radius 1 is 0.929 bits per heavy atom. The van der Waals surface area contributed by atoms with E-state index in [9.17, 15) is 0 Å². The van der Waals surface area contributed by atoms with Crippen molar-refractivity contribution in [2.75, 3.05) is 0 Å². The van der Waals surface area contributed by atoms with Gasteiger partial charge in [-0.05, 0) is 0 Å². The van der Waals surface area contributed by atoms with Gasteiger partial charge in [-0.1, -0.05) is 0 Å². The van der Waals surface area contributed by atoms with Crippen molar-refractivity contribution < 1.29 is 18.9 Å². The van der Waals surface area contributed by atoms with E-state index in [-0.39, 0.29) is 18.9 Å². The first-order chi connectivity index (χ1) is 6.45. The number of hydrogen-bond donors (Lipinski definition) is 0. The summed E-state index contributed by atoms with van der Waals surface area (Å²) in [7, 11) is 0. The molecular weight excluding hydrogens is 230 g/mol. The van der Waals surface area contributed by atoms with Gasteiger partial charge in [0.2, 0.25) is 0 Å². The topological polar surface area (TPSA) is 0 Å². The molecule has 2 heteroatoms. The molecule has 0 nitrogen and oxygen atoms in total. The van der Waals surface area contributed by atoms with Crippen molar-refractivity contribution >= 4 is 33.8 Å². The van der Waals surface area contributed by atoms with Crippen LogP contribution in [0.1, 0.15) is 0 Å². The minimum absolute atomic E-state index is 0. The molecule has 1 heterocycles. The minimum atomic E-state index is 0. The van der Waals surface area contributed by atoms with Crippen molar-refractivity contribution in [1.82, 2.24) is 0 Å². The Bertz CT molecular complexity index is 518. The summed E-state index contributed by atoms with van der Waals surface area (Å²) in [4.78, 5) is 0. The standard InChI is InChI=1S/C12H7Se.Li/c1-3-7-11-9(5-1)10-6-2-4-8-12(10)13-11;/h1-7H;/q-1;+1. The van der Waals surface area contributed by atoms with Gasteiger partial charge >= 0.3 is 101 Å². The Morgan fingerprint density at radius 2 is 1.71 bits per heavy atom. The van der Waals surface area contributed by atoms with Crippen LogP contribution in [-0.2, 0) is 0 Å². The quantitative estimate of drug-likeness (QED) is 0.377. The molecule has 2 aromatic carbocycles. The fraction of sp³-hybridized carbons (Fsp3) is 0. The Kier molecular flexibility index (Phi) is 2.86. The predicted octanol–water partition coefficient (Wildman–Crippen LogP) is -0.146. The third-order valence-corrected chi connectivity index (χ3v) is 4.55. The molecule has 0 bridgehead atoms. The Balaban J connectivity index is 0.000000750. The summed E-state index contributed by atoms with van der Waals surface area (Å²) in [6, 6.07) is 18.2. The third-order valence-electron chi connectivity index (χ3n) is 2.21. The van der Waals surface area contributed by atoms with Crippen LogP contribution in [0, 0.1) is 6.07 Å². The van der Waals surface area contributed by atoms with Crippen molar-refractivity contribution in [2.45, 2.75) is 0 Å². The second-order valence-corrected chi connectivity index (χ2v) is 5.22. The second kappa shape index (κ2) is 3.97. The molecular formula is C12H7LiSe. The van der Waals surface area contributed by atoms with Gasteiger partial charge in [-0.3, -0.25) is 0 Å². The van der Waals surface area contributed by atoms with Crippen LogP contribution < -0.4 is 18.9 Å². The van der Waals surface area contributed by atoms with Crippen LogP contribution in [-0.4, -0.2) is 14.5 Å². The van der Waals surface area contributed by atoms with Crippen molar-refractivity contribution in [2.24, 2.45) is 0 Å². The van der Waals surface area contributed by atoms with Gasteiger partial charge in [-0.25, -0.2) is 0 Å². The number of fused-ring (bicyclic) bond motifs is 3. The summed E-state index contributed by atoms with van der Waals surface area (Å²) in [6.07, 6.45) is 0. The molecule has 0 aliphatic rings. The van der Waals surface area contributed by atoms with Gasteiger partial charge in [0.05, 0.1) is 0 Å². The first-order valence-corrected chi connectivity index (χ1v) is 5.94. The normalized spacial score (nSPS) is 10.3. The Labute approximate surface area is 101 Å². The maximum atomic E-state index is 3.32. The van der Waals surface area contributed by atoms with E-state index >= 15 is 0 Å². The fourth-order valence-electron chi connectivity index (χ4n) is 1.61. The van der Waals surface area contributed by atoms with Gasteiger partial charge < -0.3 is 0 Å². The van der Waals surface area contributed by atoms with E-state index in [1.54, 1.807) is 0 Å². The zero-order valence-corrected chi connectivity index (χ0v) is 9.66. The average molecular weight is 237 g/mol. The molecule has 0 amide bonds. The molecule has 0 unspecified atom stereocenters. The van der Waals surface area contributed by atoms with Crippen LogP contribution in [0.2, 0.25) is 0 Å². The number of rotatable bonds is 0. The summed E-state index contributed by atoms with van der Waals surface area (Å²) in [5.74, 6) is 0. The predicted molar refractivity (Wildman–Crippen MR) is 57.2 cm³/mol. The van der Waals surface area contributed by atoms with Crippen LogP contribution >= 0.6 is 0 Å². The molecule has 3 rings (SSSR count). The fourth-order valence-corrected chi connectivity index (χ4v) is 3.85. The zero-order valence-electron chi connectivity index (χ0n) is 7.95. The van der Waals surface area contributed by atoms with E-state index in [1.807, 2.05) is 6.07 Å². The van der Waals surface area contributed by atoms with E-state index in [2.05, 4.69) is 42.5 Å². The molecule has 0 atom stereocenters. The summed E-state index contributed by atoms with van der Waals surface area (Å²) in [5.41, 5.74) is 0. The molecule has 0 radical (unpaired) electrons. The van der Waals surface area contributed by atoms with Crippen LogP contribution in [0.5, 0.6) is 0 Å². The molecule has 0 aliphatic heterocycles. The Morgan fingerprint density at radius 3 is 2.64 bits per heavy atom.